The third-order valence-electron chi connectivity index (χ3n) is 3.27. The molecule has 8 nitrogen and oxygen atoms in total. The number of phenols is 1. The Balaban J connectivity index is 2.41. The quantitative estimate of drug-likeness (QED) is 0.597. The van der Waals surface area contributed by atoms with Crippen LogP contribution in [0.25, 0.3) is 0 Å². The van der Waals surface area contributed by atoms with Gasteiger partial charge in [0.25, 0.3) is 0 Å². The summed E-state index contributed by atoms with van der Waals surface area (Å²) in [6, 6.07) is 2.74. The largest absolute Gasteiger partial charge is 0.507 e. The highest BCUT2D eigenvalue weighted by Crippen LogP contribution is 2.30. The number of hydrogen-bond donors (Lipinski definition) is 4. The molecule has 0 radical (unpaired) electrons. The topological polar surface area (TPSA) is 141 Å². The third kappa shape index (κ3) is 3.03. The molecule has 2 rings (SSSR count). The van der Waals surface area contributed by atoms with Crippen LogP contribution in [0.5, 0.6) is 5.75 Å². The van der Waals surface area contributed by atoms with Crippen molar-refractivity contribution in [2.24, 2.45) is 0 Å². The van der Waals surface area contributed by atoms with Crippen molar-refractivity contribution in [2.45, 2.75) is 16.9 Å². The maximum Gasteiger partial charge on any atom is 0.339 e. The number of carbonyl (C=O) groups is 2. The van der Waals surface area contributed by atoms with Crippen LogP contribution >= 0.6 is 11.8 Å². The van der Waals surface area contributed by atoms with Crippen LogP contribution in [0.4, 0.5) is 0 Å². The summed E-state index contributed by atoms with van der Waals surface area (Å²) in [6.07, 6.45) is 0.135. The minimum atomic E-state index is -4.24. The number of carboxylic acid groups (broad SMARTS) is 2. The van der Waals surface area contributed by atoms with E-state index in [1.54, 1.807) is 0 Å². The van der Waals surface area contributed by atoms with Gasteiger partial charge in [-0.3, -0.25) is 4.79 Å². The van der Waals surface area contributed by atoms with E-state index in [9.17, 15) is 28.2 Å². The second kappa shape index (κ2) is 5.78. The van der Waals surface area contributed by atoms with Gasteiger partial charge in [-0.2, -0.15) is 16.5 Å². The molecule has 0 spiro atoms. The number of hydrogen-bond acceptors (Lipinski definition) is 6. The van der Waals surface area contributed by atoms with Crippen LogP contribution in [0.1, 0.15) is 16.8 Å². The number of rotatable bonds is 5. The van der Waals surface area contributed by atoms with Crippen molar-refractivity contribution >= 4 is 33.7 Å². The Morgan fingerprint density at radius 2 is 1.95 bits per heavy atom. The van der Waals surface area contributed by atoms with Crippen molar-refractivity contribution in [2.75, 3.05) is 11.5 Å². The molecule has 1 unspecified atom stereocenters. The number of nitrogens with one attached hydrogen (secondary N) is 1. The average molecular weight is 347 g/mol. The van der Waals surface area contributed by atoms with Crippen molar-refractivity contribution in [3.63, 3.8) is 0 Å². The molecule has 0 aromatic heterocycles. The van der Waals surface area contributed by atoms with E-state index in [1.165, 1.54) is 11.8 Å². The van der Waals surface area contributed by atoms with Crippen LogP contribution in [-0.2, 0) is 14.8 Å². The number of aromatic carboxylic acids is 1. The van der Waals surface area contributed by atoms with Gasteiger partial charge in [0.05, 0.1) is 4.90 Å². The smallest absolute Gasteiger partial charge is 0.339 e. The van der Waals surface area contributed by atoms with Gasteiger partial charge in [0, 0.05) is 5.75 Å². The first-order valence-corrected chi connectivity index (χ1v) is 8.73. The first kappa shape index (κ1) is 16.6. The molecule has 1 heterocycles. The summed E-state index contributed by atoms with van der Waals surface area (Å²) in [5.41, 5.74) is -2.18. The minimum absolute atomic E-state index is 0.0887. The number of carboxylic acids is 2. The van der Waals surface area contributed by atoms with Crippen LogP contribution in [0.15, 0.2) is 23.1 Å². The van der Waals surface area contributed by atoms with Gasteiger partial charge in [-0.25, -0.2) is 13.2 Å². The zero-order valence-electron chi connectivity index (χ0n) is 11.1. The van der Waals surface area contributed by atoms with E-state index in [0.717, 1.165) is 18.2 Å². The Bertz CT molecular complexity index is 723. The van der Waals surface area contributed by atoms with E-state index in [0.29, 0.717) is 5.75 Å². The van der Waals surface area contributed by atoms with Gasteiger partial charge in [-0.1, -0.05) is 0 Å². The minimum Gasteiger partial charge on any atom is -0.507 e. The van der Waals surface area contributed by atoms with Crippen LogP contribution in [0.2, 0.25) is 0 Å². The van der Waals surface area contributed by atoms with Crippen molar-refractivity contribution in [1.29, 1.82) is 0 Å². The fraction of sp³-hybridized carbons (Fsp3) is 0.333. The van der Waals surface area contributed by atoms with Gasteiger partial charge in [0.1, 0.15) is 16.9 Å². The number of aliphatic carboxylic acids is 1. The van der Waals surface area contributed by atoms with Crippen molar-refractivity contribution in [3.05, 3.63) is 23.8 Å². The Hall–Kier alpha value is -1.78. The van der Waals surface area contributed by atoms with E-state index >= 15 is 0 Å². The fourth-order valence-electron chi connectivity index (χ4n) is 2.03. The molecule has 1 aromatic rings. The summed E-state index contributed by atoms with van der Waals surface area (Å²) in [5.74, 6) is -2.75. The summed E-state index contributed by atoms with van der Waals surface area (Å²) in [7, 11) is -4.24. The molecule has 1 atom stereocenters. The summed E-state index contributed by atoms with van der Waals surface area (Å²) in [4.78, 5) is 21.9. The molecular formula is C12H13NO7S2. The maximum atomic E-state index is 12.3. The summed E-state index contributed by atoms with van der Waals surface area (Å²) in [5, 5.41) is 27.6. The van der Waals surface area contributed by atoms with Crippen molar-refractivity contribution < 1.29 is 33.3 Å². The number of sulfonamides is 1. The number of benzene rings is 1. The Kier molecular flexibility index (Phi) is 4.36. The van der Waals surface area contributed by atoms with Gasteiger partial charge >= 0.3 is 11.9 Å². The third-order valence-corrected chi connectivity index (χ3v) is 5.99. The molecule has 22 heavy (non-hydrogen) atoms. The zero-order chi connectivity index (χ0) is 16.5. The second-order valence-electron chi connectivity index (χ2n) is 4.78. The van der Waals surface area contributed by atoms with E-state index in [4.69, 9.17) is 5.11 Å². The molecule has 120 valence electrons. The SMILES string of the molecule is O=C(O)c1cc(S(=O)(=O)NC2(C(=O)O)CCSC2)ccc1O. The van der Waals surface area contributed by atoms with Crippen molar-refractivity contribution in [1.82, 2.24) is 4.72 Å². The highest BCUT2D eigenvalue weighted by molar-refractivity contribution is 7.99. The van der Waals surface area contributed by atoms with Gasteiger partial charge in [-0.05, 0) is 30.4 Å². The molecule has 0 amide bonds. The van der Waals surface area contributed by atoms with E-state index < -0.39 is 43.7 Å². The predicted octanol–water partition coefficient (Wildman–Crippen LogP) is 0.329. The first-order valence-electron chi connectivity index (χ1n) is 6.09. The highest BCUT2D eigenvalue weighted by Gasteiger charge is 2.45. The maximum absolute atomic E-state index is 12.3. The predicted molar refractivity (Wildman–Crippen MR) is 77.7 cm³/mol. The molecule has 0 bridgehead atoms. The van der Waals surface area contributed by atoms with E-state index in [1.807, 2.05) is 0 Å². The van der Waals surface area contributed by atoms with Crippen molar-refractivity contribution in [3.8, 4) is 5.75 Å². The van der Waals surface area contributed by atoms with E-state index in [2.05, 4.69) is 4.72 Å². The Morgan fingerprint density at radius 3 is 2.45 bits per heavy atom. The van der Waals surface area contributed by atoms with Gasteiger partial charge < -0.3 is 15.3 Å². The van der Waals surface area contributed by atoms with Gasteiger partial charge in [-0.15, -0.1) is 0 Å². The monoisotopic (exact) mass is 347 g/mol. The Labute approximate surface area is 130 Å². The van der Waals surface area contributed by atoms with Gasteiger partial charge in [0.2, 0.25) is 10.0 Å². The average Bonchev–Trinajstić information content (AvgIpc) is 2.87. The molecule has 0 saturated carbocycles. The molecule has 1 saturated heterocycles. The van der Waals surface area contributed by atoms with Crippen LogP contribution < -0.4 is 4.72 Å². The standard InChI is InChI=1S/C12H13NO7S2/c14-9-2-1-7(5-8(9)10(15)16)22(19,20)13-12(11(17)18)3-4-21-6-12/h1-2,5,13-14H,3-4,6H2,(H,15,16)(H,17,18). The molecule has 1 aromatic carbocycles. The molecule has 1 aliphatic rings. The summed E-state index contributed by atoms with van der Waals surface area (Å²) < 4.78 is 26.8. The van der Waals surface area contributed by atoms with Crippen LogP contribution in [-0.4, -0.2) is 52.7 Å². The van der Waals surface area contributed by atoms with Crippen LogP contribution in [0.3, 0.4) is 0 Å². The normalized spacial score (nSPS) is 21.6. The van der Waals surface area contributed by atoms with Gasteiger partial charge in [0.15, 0.2) is 0 Å². The first-order chi connectivity index (χ1) is 10.2. The molecule has 1 fully saturated rings. The highest BCUT2D eigenvalue weighted by atomic mass is 32.2. The fourth-order valence-corrected chi connectivity index (χ4v) is 4.86. The second-order valence-corrected chi connectivity index (χ2v) is 7.57. The molecule has 1 aliphatic heterocycles. The number of thioether (sulfide) groups is 1. The Morgan fingerprint density at radius 1 is 1.27 bits per heavy atom. The van der Waals surface area contributed by atoms with Crippen LogP contribution in [0, 0.1) is 0 Å². The van der Waals surface area contributed by atoms with E-state index in [-0.39, 0.29) is 12.2 Å². The lowest BCUT2D eigenvalue weighted by Gasteiger charge is -2.24. The molecule has 10 heteroatoms. The summed E-state index contributed by atoms with van der Waals surface area (Å²) in [6.45, 7) is 0. The zero-order valence-corrected chi connectivity index (χ0v) is 12.8. The lowest BCUT2D eigenvalue weighted by atomic mass is 10.0. The molecular weight excluding hydrogens is 334 g/mol. The number of aromatic hydroxyl groups is 1. The molecule has 4 N–H and O–H groups in total. The molecule has 0 aliphatic carbocycles. The lowest BCUT2D eigenvalue weighted by Crippen LogP contribution is -2.54. The lowest BCUT2D eigenvalue weighted by molar-refractivity contribution is -0.142. The summed E-state index contributed by atoms with van der Waals surface area (Å²) >= 11 is 1.31.